The molecule has 2 aromatic rings. The lowest BCUT2D eigenvalue weighted by molar-refractivity contribution is 0.213. The summed E-state index contributed by atoms with van der Waals surface area (Å²) in [5.74, 6) is 0.457. The normalized spacial score (nSPS) is 12.1. The molecule has 2 rings (SSSR count). The maximum Gasteiger partial charge on any atom is 0.219 e. The molecular formula is C13H13NO2. The summed E-state index contributed by atoms with van der Waals surface area (Å²) in [6, 6.07) is 13.0. The summed E-state index contributed by atoms with van der Waals surface area (Å²) in [4.78, 5) is 4.06. The molecule has 82 valence electrons. The second kappa shape index (κ2) is 4.77. The number of nitrogens with zero attached hydrogens (tertiary/aromatic N) is 1. The minimum Gasteiger partial charge on any atom is -0.481 e. The third kappa shape index (κ3) is 2.04. The zero-order valence-corrected chi connectivity index (χ0v) is 9.00. The van der Waals surface area contributed by atoms with Gasteiger partial charge in [0.1, 0.15) is 6.10 Å². The number of aliphatic hydroxyl groups is 1. The van der Waals surface area contributed by atoms with Gasteiger partial charge in [-0.3, -0.25) is 0 Å². The van der Waals surface area contributed by atoms with Crippen molar-refractivity contribution in [3.63, 3.8) is 0 Å². The lowest BCUT2D eigenvalue weighted by atomic mass is 10.0. The summed E-state index contributed by atoms with van der Waals surface area (Å²) in [6.45, 7) is 0. The Bertz CT molecular complexity index is 456. The molecule has 1 N–H and O–H groups in total. The molecule has 1 heterocycles. The van der Waals surface area contributed by atoms with Crippen molar-refractivity contribution in [1.82, 2.24) is 4.98 Å². The fourth-order valence-corrected chi connectivity index (χ4v) is 1.60. The predicted molar refractivity (Wildman–Crippen MR) is 61.3 cm³/mol. The molecule has 0 spiro atoms. The van der Waals surface area contributed by atoms with Gasteiger partial charge in [0.25, 0.3) is 0 Å². The van der Waals surface area contributed by atoms with Crippen LogP contribution in [0.15, 0.2) is 48.7 Å². The second-order valence-electron chi connectivity index (χ2n) is 3.42. The van der Waals surface area contributed by atoms with Crippen LogP contribution < -0.4 is 4.74 Å². The van der Waals surface area contributed by atoms with Crippen LogP contribution in [-0.4, -0.2) is 17.2 Å². The Labute approximate surface area is 94.3 Å². The molecule has 0 saturated carbocycles. The van der Waals surface area contributed by atoms with E-state index < -0.39 is 6.10 Å². The molecule has 3 heteroatoms. The number of rotatable bonds is 3. The van der Waals surface area contributed by atoms with E-state index in [-0.39, 0.29) is 0 Å². The maximum absolute atomic E-state index is 10.2. The molecule has 0 aliphatic heterocycles. The van der Waals surface area contributed by atoms with Crippen LogP contribution in [0.3, 0.4) is 0 Å². The van der Waals surface area contributed by atoms with Crippen molar-refractivity contribution in [2.45, 2.75) is 6.10 Å². The van der Waals surface area contributed by atoms with E-state index in [9.17, 15) is 5.11 Å². The highest BCUT2D eigenvalue weighted by Crippen LogP contribution is 2.27. The molecular weight excluding hydrogens is 202 g/mol. The highest BCUT2D eigenvalue weighted by Gasteiger charge is 2.15. The van der Waals surface area contributed by atoms with Gasteiger partial charge in [-0.25, -0.2) is 4.98 Å². The van der Waals surface area contributed by atoms with Crippen molar-refractivity contribution < 1.29 is 9.84 Å². The number of pyridine rings is 1. The summed E-state index contributed by atoms with van der Waals surface area (Å²) in [6.07, 6.45) is 0.935. The summed E-state index contributed by atoms with van der Waals surface area (Å²) >= 11 is 0. The predicted octanol–water partition coefficient (Wildman–Crippen LogP) is 2.17. The van der Waals surface area contributed by atoms with Crippen molar-refractivity contribution in [1.29, 1.82) is 0 Å². The zero-order chi connectivity index (χ0) is 11.4. The van der Waals surface area contributed by atoms with E-state index >= 15 is 0 Å². The van der Waals surface area contributed by atoms with Gasteiger partial charge in [-0.1, -0.05) is 30.3 Å². The molecule has 0 radical (unpaired) electrons. The van der Waals surface area contributed by atoms with E-state index in [0.717, 1.165) is 5.56 Å². The van der Waals surface area contributed by atoms with Crippen LogP contribution in [0.4, 0.5) is 0 Å². The monoisotopic (exact) mass is 215 g/mol. The van der Waals surface area contributed by atoms with Crippen LogP contribution in [-0.2, 0) is 0 Å². The van der Waals surface area contributed by atoms with Crippen LogP contribution in [0.5, 0.6) is 5.88 Å². The number of aliphatic hydroxyl groups excluding tert-OH is 1. The molecule has 3 nitrogen and oxygen atoms in total. The molecule has 1 unspecified atom stereocenters. The first-order chi connectivity index (χ1) is 7.83. The van der Waals surface area contributed by atoms with Gasteiger partial charge in [-0.15, -0.1) is 0 Å². The van der Waals surface area contributed by atoms with Crippen LogP contribution in [0.2, 0.25) is 0 Å². The minimum absolute atomic E-state index is 0.457. The Morgan fingerprint density at radius 3 is 2.56 bits per heavy atom. The number of ether oxygens (including phenoxy) is 1. The van der Waals surface area contributed by atoms with Crippen molar-refractivity contribution in [2.24, 2.45) is 0 Å². The van der Waals surface area contributed by atoms with Crippen molar-refractivity contribution in [3.05, 3.63) is 59.8 Å². The van der Waals surface area contributed by atoms with Gasteiger partial charge in [0.15, 0.2) is 0 Å². The van der Waals surface area contributed by atoms with Crippen LogP contribution in [0, 0.1) is 0 Å². The lowest BCUT2D eigenvalue weighted by Crippen LogP contribution is -2.03. The maximum atomic E-state index is 10.2. The van der Waals surface area contributed by atoms with Gasteiger partial charge in [0, 0.05) is 11.8 Å². The largest absolute Gasteiger partial charge is 0.481 e. The Morgan fingerprint density at radius 1 is 1.12 bits per heavy atom. The van der Waals surface area contributed by atoms with Crippen LogP contribution >= 0.6 is 0 Å². The first-order valence-electron chi connectivity index (χ1n) is 5.05. The third-order valence-electron chi connectivity index (χ3n) is 2.40. The number of benzene rings is 1. The average molecular weight is 215 g/mol. The van der Waals surface area contributed by atoms with Gasteiger partial charge in [0.05, 0.1) is 7.11 Å². The summed E-state index contributed by atoms with van der Waals surface area (Å²) in [5.41, 5.74) is 1.50. The van der Waals surface area contributed by atoms with Gasteiger partial charge < -0.3 is 9.84 Å². The number of aromatic nitrogens is 1. The number of hydrogen-bond acceptors (Lipinski definition) is 3. The second-order valence-corrected chi connectivity index (χ2v) is 3.42. The van der Waals surface area contributed by atoms with Crippen molar-refractivity contribution in [3.8, 4) is 5.88 Å². The van der Waals surface area contributed by atoms with E-state index in [1.165, 1.54) is 0 Å². The smallest absolute Gasteiger partial charge is 0.219 e. The summed E-state index contributed by atoms with van der Waals surface area (Å²) in [5, 5.41) is 10.2. The molecule has 1 atom stereocenters. The number of methoxy groups -OCH3 is 1. The standard InChI is InChI=1S/C13H13NO2/c1-16-13-11(8-5-9-14-13)12(15)10-6-3-2-4-7-10/h2-9,12,15H,1H3. The van der Waals surface area contributed by atoms with Crippen LogP contribution in [0.25, 0.3) is 0 Å². The SMILES string of the molecule is COc1ncccc1C(O)c1ccccc1. The Hall–Kier alpha value is -1.87. The molecule has 0 aliphatic carbocycles. The highest BCUT2D eigenvalue weighted by atomic mass is 16.5. The summed E-state index contributed by atoms with van der Waals surface area (Å²) < 4.78 is 5.12. The van der Waals surface area contributed by atoms with Gasteiger partial charge in [-0.2, -0.15) is 0 Å². The molecule has 1 aromatic carbocycles. The Balaban J connectivity index is 2.37. The fourth-order valence-electron chi connectivity index (χ4n) is 1.60. The summed E-state index contributed by atoms with van der Waals surface area (Å²) in [7, 11) is 1.55. The fraction of sp³-hybridized carbons (Fsp3) is 0.154. The molecule has 0 aliphatic rings. The highest BCUT2D eigenvalue weighted by molar-refractivity contribution is 5.35. The van der Waals surface area contributed by atoms with E-state index in [2.05, 4.69) is 4.98 Å². The quantitative estimate of drug-likeness (QED) is 0.853. The molecule has 0 fully saturated rings. The minimum atomic E-state index is -0.704. The van der Waals surface area contributed by atoms with E-state index in [1.54, 1.807) is 19.4 Å². The van der Waals surface area contributed by atoms with Crippen molar-refractivity contribution in [2.75, 3.05) is 7.11 Å². The van der Waals surface area contributed by atoms with Crippen molar-refractivity contribution >= 4 is 0 Å². The zero-order valence-electron chi connectivity index (χ0n) is 9.00. The Kier molecular flexibility index (Phi) is 3.17. The van der Waals surface area contributed by atoms with E-state index in [1.807, 2.05) is 36.4 Å². The molecule has 16 heavy (non-hydrogen) atoms. The average Bonchev–Trinajstić information content (AvgIpc) is 2.39. The van der Waals surface area contributed by atoms with E-state index in [0.29, 0.717) is 11.4 Å². The topological polar surface area (TPSA) is 42.4 Å². The van der Waals surface area contributed by atoms with E-state index in [4.69, 9.17) is 4.74 Å². The first-order valence-corrected chi connectivity index (χ1v) is 5.05. The molecule has 0 saturated heterocycles. The number of hydrogen-bond donors (Lipinski definition) is 1. The molecule has 0 amide bonds. The Morgan fingerprint density at radius 2 is 1.88 bits per heavy atom. The lowest BCUT2D eigenvalue weighted by Gasteiger charge is -2.13. The molecule has 1 aromatic heterocycles. The van der Waals surface area contributed by atoms with Gasteiger partial charge in [0.2, 0.25) is 5.88 Å². The third-order valence-corrected chi connectivity index (χ3v) is 2.40. The molecule has 0 bridgehead atoms. The van der Waals surface area contributed by atoms with Gasteiger partial charge in [-0.05, 0) is 17.7 Å². The van der Waals surface area contributed by atoms with Gasteiger partial charge >= 0.3 is 0 Å². The first kappa shape index (κ1) is 10.6. The van der Waals surface area contributed by atoms with Crippen LogP contribution in [0.1, 0.15) is 17.2 Å².